The second-order valence-electron chi connectivity index (χ2n) is 4.57. The van der Waals surface area contributed by atoms with Gasteiger partial charge in [-0.05, 0) is 43.2 Å². The van der Waals surface area contributed by atoms with Crippen LogP contribution in [0.25, 0.3) is 22.4 Å². The van der Waals surface area contributed by atoms with Gasteiger partial charge in [-0.3, -0.25) is 0 Å². The Hall–Kier alpha value is -1.80. The molecule has 18 heavy (non-hydrogen) atoms. The van der Waals surface area contributed by atoms with Crippen LogP contribution in [0.15, 0.2) is 36.4 Å². The molecule has 1 N–H and O–H groups in total. The third-order valence-electron chi connectivity index (χ3n) is 3.08. The van der Waals surface area contributed by atoms with Gasteiger partial charge in [0.2, 0.25) is 0 Å². The monoisotopic (exact) mass is 256 g/mol. The van der Waals surface area contributed by atoms with E-state index in [1.165, 1.54) is 5.56 Å². The van der Waals surface area contributed by atoms with Crippen LogP contribution in [0.1, 0.15) is 11.1 Å². The van der Waals surface area contributed by atoms with Gasteiger partial charge >= 0.3 is 0 Å². The molecule has 2 aromatic carbocycles. The molecule has 0 spiro atoms. The maximum Gasteiger partial charge on any atom is 0.138 e. The maximum atomic E-state index is 6.15. The van der Waals surface area contributed by atoms with Crippen molar-refractivity contribution in [2.45, 2.75) is 13.8 Å². The van der Waals surface area contributed by atoms with Crippen LogP contribution in [0, 0.1) is 13.8 Å². The maximum absolute atomic E-state index is 6.15. The second-order valence-corrected chi connectivity index (χ2v) is 4.98. The number of nitrogens with zero attached hydrogens (tertiary/aromatic N) is 1. The molecule has 3 rings (SSSR count). The second kappa shape index (κ2) is 4.14. The number of aromatic nitrogens is 2. The first kappa shape index (κ1) is 11.3. The molecule has 0 saturated heterocycles. The summed E-state index contributed by atoms with van der Waals surface area (Å²) in [6.07, 6.45) is 0. The molecule has 90 valence electrons. The average molecular weight is 257 g/mol. The zero-order valence-electron chi connectivity index (χ0n) is 10.3. The summed E-state index contributed by atoms with van der Waals surface area (Å²) in [5.41, 5.74) is 5.35. The smallest absolute Gasteiger partial charge is 0.138 e. The first-order chi connectivity index (χ1) is 8.63. The van der Waals surface area contributed by atoms with E-state index in [0.29, 0.717) is 0 Å². The summed E-state index contributed by atoms with van der Waals surface area (Å²) >= 11 is 6.15. The van der Waals surface area contributed by atoms with Crippen molar-refractivity contribution >= 4 is 22.6 Å². The predicted molar refractivity (Wildman–Crippen MR) is 76.0 cm³/mol. The molecule has 3 heteroatoms. The predicted octanol–water partition coefficient (Wildman–Crippen LogP) is 4.50. The third-order valence-corrected chi connectivity index (χ3v) is 3.49. The van der Waals surface area contributed by atoms with Crippen LogP contribution in [0.5, 0.6) is 0 Å². The first-order valence-electron chi connectivity index (χ1n) is 5.86. The van der Waals surface area contributed by atoms with Gasteiger partial charge in [0, 0.05) is 10.6 Å². The summed E-state index contributed by atoms with van der Waals surface area (Å²) in [6.45, 7) is 4.07. The third kappa shape index (κ3) is 1.89. The number of fused-ring (bicyclic) bond motifs is 1. The standard InChI is InChI=1S/C15H13ClN2/c1-9-3-6-13-14(7-9)18-15(17-13)11-5-4-10(2)12(16)8-11/h3-8H,1-2H3,(H,17,18). The number of benzene rings is 2. The van der Waals surface area contributed by atoms with E-state index >= 15 is 0 Å². The Morgan fingerprint density at radius 3 is 2.67 bits per heavy atom. The molecule has 0 atom stereocenters. The lowest BCUT2D eigenvalue weighted by Gasteiger charge is -2.00. The summed E-state index contributed by atoms with van der Waals surface area (Å²) in [5, 5.41) is 0.768. The van der Waals surface area contributed by atoms with E-state index in [9.17, 15) is 0 Å². The average Bonchev–Trinajstić information content (AvgIpc) is 2.75. The molecular weight excluding hydrogens is 244 g/mol. The van der Waals surface area contributed by atoms with E-state index in [1.807, 2.05) is 31.2 Å². The Bertz CT molecular complexity index is 728. The fourth-order valence-electron chi connectivity index (χ4n) is 2.00. The molecule has 0 aliphatic rings. The highest BCUT2D eigenvalue weighted by atomic mass is 35.5. The first-order valence-corrected chi connectivity index (χ1v) is 6.24. The van der Waals surface area contributed by atoms with Crippen molar-refractivity contribution in [1.29, 1.82) is 0 Å². The van der Waals surface area contributed by atoms with Gasteiger partial charge in [-0.2, -0.15) is 0 Å². The molecule has 0 aliphatic heterocycles. The fourth-order valence-corrected chi connectivity index (χ4v) is 2.18. The lowest BCUT2D eigenvalue weighted by atomic mass is 10.1. The Morgan fingerprint density at radius 2 is 1.89 bits per heavy atom. The SMILES string of the molecule is Cc1ccc2nc(-c3ccc(C)c(Cl)c3)[nH]c2c1. The van der Waals surface area contributed by atoms with E-state index in [-0.39, 0.29) is 0 Å². The van der Waals surface area contributed by atoms with Gasteiger partial charge in [0.25, 0.3) is 0 Å². The van der Waals surface area contributed by atoms with Crippen molar-refractivity contribution in [3.63, 3.8) is 0 Å². The summed E-state index contributed by atoms with van der Waals surface area (Å²) in [7, 11) is 0. The molecule has 1 heterocycles. The van der Waals surface area contributed by atoms with E-state index in [1.54, 1.807) is 0 Å². The van der Waals surface area contributed by atoms with Gasteiger partial charge in [0.1, 0.15) is 5.82 Å². The molecular formula is C15H13ClN2. The molecule has 0 amide bonds. The van der Waals surface area contributed by atoms with Crippen LogP contribution in [0.2, 0.25) is 5.02 Å². The number of imidazole rings is 1. The minimum atomic E-state index is 0.768. The lowest BCUT2D eigenvalue weighted by Crippen LogP contribution is -1.82. The summed E-state index contributed by atoms with van der Waals surface area (Å²) in [5.74, 6) is 0.859. The minimum absolute atomic E-state index is 0.768. The molecule has 0 fully saturated rings. The van der Waals surface area contributed by atoms with E-state index in [4.69, 9.17) is 11.6 Å². The molecule has 0 unspecified atom stereocenters. The number of hydrogen-bond donors (Lipinski definition) is 1. The van der Waals surface area contributed by atoms with E-state index in [0.717, 1.165) is 33.0 Å². The highest BCUT2D eigenvalue weighted by Crippen LogP contribution is 2.25. The quantitative estimate of drug-likeness (QED) is 0.682. The van der Waals surface area contributed by atoms with Crippen molar-refractivity contribution in [3.05, 3.63) is 52.5 Å². The van der Waals surface area contributed by atoms with Crippen LogP contribution in [0.3, 0.4) is 0 Å². The normalized spacial score (nSPS) is 11.1. The van der Waals surface area contributed by atoms with Crippen LogP contribution < -0.4 is 0 Å². The zero-order valence-corrected chi connectivity index (χ0v) is 11.0. The number of rotatable bonds is 1. The number of hydrogen-bond acceptors (Lipinski definition) is 1. The Kier molecular flexibility index (Phi) is 2.60. The Morgan fingerprint density at radius 1 is 1.06 bits per heavy atom. The summed E-state index contributed by atoms with van der Waals surface area (Å²) in [6, 6.07) is 12.2. The van der Waals surface area contributed by atoms with Crippen LogP contribution in [-0.4, -0.2) is 9.97 Å². The van der Waals surface area contributed by atoms with E-state index in [2.05, 4.69) is 29.0 Å². The van der Waals surface area contributed by atoms with Gasteiger partial charge in [-0.1, -0.05) is 29.8 Å². The summed E-state index contributed by atoms with van der Waals surface area (Å²) < 4.78 is 0. The van der Waals surface area contributed by atoms with Gasteiger partial charge < -0.3 is 4.98 Å². The van der Waals surface area contributed by atoms with E-state index < -0.39 is 0 Å². The molecule has 1 aromatic heterocycles. The molecule has 0 saturated carbocycles. The highest BCUT2D eigenvalue weighted by molar-refractivity contribution is 6.31. The van der Waals surface area contributed by atoms with Crippen LogP contribution in [-0.2, 0) is 0 Å². The van der Waals surface area contributed by atoms with Gasteiger partial charge in [0.15, 0.2) is 0 Å². The molecule has 3 aromatic rings. The minimum Gasteiger partial charge on any atom is -0.338 e. The number of halogens is 1. The molecule has 2 nitrogen and oxygen atoms in total. The van der Waals surface area contributed by atoms with Gasteiger partial charge in [-0.25, -0.2) is 4.98 Å². The number of H-pyrrole nitrogens is 1. The van der Waals surface area contributed by atoms with Crippen LogP contribution >= 0.6 is 11.6 Å². The van der Waals surface area contributed by atoms with Gasteiger partial charge in [0.05, 0.1) is 11.0 Å². The van der Waals surface area contributed by atoms with Crippen molar-refractivity contribution in [2.24, 2.45) is 0 Å². The highest BCUT2D eigenvalue weighted by Gasteiger charge is 2.06. The lowest BCUT2D eigenvalue weighted by molar-refractivity contribution is 1.33. The van der Waals surface area contributed by atoms with Crippen molar-refractivity contribution in [3.8, 4) is 11.4 Å². The van der Waals surface area contributed by atoms with Crippen LogP contribution in [0.4, 0.5) is 0 Å². The molecule has 0 aliphatic carbocycles. The summed E-state index contributed by atoms with van der Waals surface area (Å²) in [4.78, 5) is 7.91. The van der Waals surface area contributed by atoms with Crippen molar-refractivity contribution in [1.82, 2.24) is 9.97 Å². The van der Waals surface area contributed by atoms with Crippen molar-refractivity contribution in [2.75, 3.05) is 0 Å². The molecule has 0 bridgehead atoms. The van der Waals surface area contributed by atoms with Crippen molar-refractivity contribution < 1.29 is 0 Å². The topological polar surface area (TPSA) is 28.7 Å². The largest absolute Gasteiger partial charge is 0.338 e. The number of aryl methyl sites for hydroxylation is 2. The zero-order chi connectivity index (χ0) is 12.7. The Labute approximate surface area is 111 Å². The Balaban J connectivity index is 2.16. The molecule has 0 radical (unpaired) electrons. The number of nitrogens with one attached hydrogen (secondary N) is 1. The fraction of sp³-hybridized carbons (Fsp3) is 0.133. The number of aromatic amines is 1. The van der Waals surface area contributed by atoms with Gasteiger partial charge in [-0.15, -0.1) is 0 Å².